The van der Waals surface area contributed by atoms with Crippen molar-refractivity contribution in [3.8, 4) is 0 Å². The van der Waals surface area contributed by atoms with E-state index in [0.717, 1.165) is 31.7 Å². The van der Waals surface area contributed by atoms with Gasteiger partial charge in [0.05, 0.1) is 6.61 Å². The highest BCUT2D eigenvalue weighted by Crippen LogP contribution is 2.29. The summed E-state index contributed by atoms with van der Waals surface area (Å²) in [5, 5.41) is 3.60. The lowest BCUT2D eigenvalue weighted by atomic mass is 10.1. The molecular weight excluding hydrogens is 236 g/mol. The molecule has 1 N–H and O–H groups in total. The van der Waals surface area contributed by atoms with Crippen molar-refractivity contribution < 1.29 is 4.74 Å². The molecule has 0 saturated heterocycles. The van der Waals surface area contributed by atoms with Crippen LogP contribution in [0, 0.1) is 11.8 Å². The molecule has 1 saturated carbocycles. The van der Waals surface area contributed by atoms with Crippen molar-refractivity contribution in [2.75, 3.05) is 33.4 Å². The molecule has 0 aromatic rings. The summed E-state index contributed by atoms with van der Waals surface area (Å²) in [5.41, 5.74) is 0. The molecule has 0 bridgehead atoms. The van der Waals surface area contributed by atoms with E-state index in [1.807, 2.05) is 7.11 Å². The zero-order chi connectivity index (χ0) is 14.3. The lowest BCUT2D eigenvalue weighted by molar-refractivity contribution is 0.0802. The summed E-state index contributed by atoms with van der Waals surface area (Å²) in [7, 11) is 1.82. The Bertz CT molecular complexity index is 227. The average Bonchev–Trinajstić information content (AvgIpc) is 3.12. The van der Waals surface area contributed by atoms with Gasteiger partial charge in [0.2, 0.25) is 0 Å². The topological polar surface area (TPSA) is 24.5 Å². The highest BCUT2D eigenvalue weighted by atomic mass is 16.5. The number of nitrogens with zero attached hydrogens (tertiary/aromatic N) is 1. The van der Waals surface area contributed by atoms with E-state index >= 15 is 0 Å². The lowest BCUT2D eigenvalue weighted by Gasteiger charge is -2.32. The predicted octanol–water partition coefficient (Wildman–Crippen LogP) is 2.76. The first-order valence-corrected chi connectivity index (χ1v) is 8.00. The van der Waals surface area contributed by atoms with Crippen molar-refractivity contribution in [3.63, 3.8) is 0 Å². The summed E-state index contributed by atoms with van der Waals surface area (Å²) in [6.45, 7) is 13.4. The van der Waals surface area contributed by atoms with Crippen molar-refractivity contribution in [2.45, 2.75) is 59.0 Å². The maximum atomic E-state index is 5.45. The number of rotatable bonds is 11. The van der Waals surface area contributed by atoms with Crippen LogP contribution in [-0.4, -0.2) is 50.3 Å². The zero-order valence-corrected chi connectivity index (χ0v) is 13.6. The van der Waals surface area contributed by atoms with Crippen molar-refractivity contribution >= 4 is 0 Å². The van der Waals surface area contributed by atoms with Crippen molar-refractivity contribution in [3.05, 3.63) is 0 Å². The largest absolute Gasteiger partial charge is 0.383 e. The number of nitrogens with one attached hydrogen (secondary N) is 1. The molecule has 1 atom stereocenters. The molecule has 0 amide bonds. The molecule has 1 rings (SSSR count). The first kappa shape index (κ1) is 16.9. The molecular formula is C16H34N2O. The smallest absolute Gasteiger partial charge is 0.0630 e. The van der Waals surface area contributed by atoms with E-state index in [4.69, 9.17) is 4.74 Å². The molecule has 0 heterocycles. The van der Waals surface area contributed by atoms with Gasteiger partial charge in [0, 0.05) is 25.7 Å². The highest BCUT2D eigenvalue weighted by Gasteiger charge is 2.33. The van der Waals surface area contributed by atoms with Crippen LogP contribution < -0.4 is 5.32 Å². The number of hydrogen-bond donors (Lipinski definition) is 1. The standard InChI is InChI=1S/C16H34N2O/c1-13(2)8-9-18(15-6-7-15)16(12-19-5)11-17-10-14(3)4/h13-17H,6-12H2,1-5H3. The maximum Gasteiger partial charge on any atom is 0.0630 e. The minimum atomic E-state index is 0.537. The fraction of sp³-hybridized carbons (Fsp3) is 1.00. The second-order valence-electron chi connectivity index (χ2n) is 6.81. The Kier molecular flexibility index (Phi) is 7.96. The van der Waals surface area contributed by atoms with Gasteiger partial charge in [-0.1, -0.05) is 27.7 Å². The average molecular weight is 270 g/mol. The number of methoxy groups -OCH3 is 1. The molecule has 1 unspecified atom stereocenters. The summed E-state index contributed by atoms with van der Waals surface area (Å²) in [6, 6.07) is 1.36. The van der Waals surface area contributed by atoms with Crippen LogP contribution in [0.2, 0.25) is 0 Å². The molecule has 0 aromatic heterocycles. The SMILES string of the molecule is COCC(CNCC(C)C)N(CCC(C)C)C1CC1. The molecule has 0 aliphatic heterocycles. The first-order chi connectivity index (χ1) is 9.04. The molecule has 1 fully saturated rings. The van der Waals surface area contributed by atoms with Crippen molar-refractivity contribution in [2.24, 2.45) is 11.8 Å². The van der Waals surface area contributed by atoms with Gasteiger partial charge in [-0.15, -0.1) is 0 Å². The fourth-order valence-corrected chi connectivity index (χ4v) is 2.48. The van der Waals surface area contributed by atoms with Gasteiger partial charge in [-0.05, 0) is 44.2 Å². The molecule has 0 radical (unpaired) electrons. The van der Waals surface area contributed by atoms with Gasteiger partial charge in [-0.25, -0.2) is 0 Å². The molecule has 19 heavy (non-hydrogen) atoms. The second-order valence-corrected chi connectivity index (χ2v) is 6.81. The van der Waals surface area contributed by atoms with Crippen LogP contribution in [0.1, 0.15) is 47.0 Å². The molecule has 1 aliphatic carbocycles. The van der Waals surface area contributed by atoms with Crippen LogP contribution in [0.15, 0.2) is 0 Å². The van der Waals surface area contributed by atoms with Crippen LogP contribution >= 0.6 is 0 Å². The monoisotopic (exact) mass is 270 g/mol. The minimum absolute atomic E-state index is 0.537. The van der Waals surface area contributed by atoms with E-state index in [2.05, 4.69) is 37.9 Å². The van der Waals surface area contributed by atoms with E-state index in [1.54, 1.807) is 0 Å². The summed E-state index contributed by atoms with van der Waals surface area (Å²) in [5.74, 6) is 1.50. The van der Waals surface area contributed by atoms with Crippen molar-refractivity contribution in [1.82, 2.24) is 10.2 Å². The number of ether oxygens (including phenoxy) is 1. The Labute approximate surface area is 120 Å². The Balaban J connectivity index is 2.43. The van der Waals surface area contributed by atoms with Gasteiger partial charge in [0.15, 0.2) is 0 Å². The normalized spacial score (nSPS) is 17.7. The first-order valence-electron chi connectivity index (χ1n) is 8.00. The van der Waals surface area contributed by atoms with Crippen molar-refractivity contribution in [1.29, 1.82) is 0 Å². The van der Waals surface area contributed by atoms with Crippen LogP contribution in [0.5, 0.6) is 0 Å². The molecule has 1 aliphatic rings. The minimum Gasteiger partial charge on any atom is -0.383 e. The summed E-state index contributed by atoms with van der Waals surface area (Å²) < 4.78 is 5.45. The van der Waals surface area contributed by atoms with E-state index in [-0.39, 0.29) is 0 Å². The number of hydrogen-bond acceptors (Lipinski definition) is 3. The van der Waals surface area contributed by atoms with Crippen LogP contribution in [0.25, 0.3) is 0 Å². The Morgan fingerprint density at radius 3 is 2.26 bits per heavy atom. The molecule has 3 nitrogen and oxygen atoms in total. The maximum absolute atomic E-state index is 5.45. The van der Waals surface area contributed by atoms with Gasteiger partial charge in [0.25, 0.3) is 0 Å². The third-order valence-corrected chi connectivity index (χ3v) is 3.74. The third-order valence-electron chi connectivity index (χ3n) is 3.74. The summed E-state index contributed by atoms with van der Waals surface area (Å²) in [4.78, 5) is 2.69. The molecule has 3 heteroatoms. The van der Waals surface area contributed by atoms with E-state index in [0.29, 0.717) is 12.0 Å². The molecule has 114 valence electrons. The Morgan fingerprint density at radius 2 is 1.79 bits per heavy atom. The zero-order valence-electron chi connectivity index (χ0n) is 13.6. The van der Waals surface area contributed by atoms with Crippen LogP contribution in [0.3, 0.4) is 0 Å². The van der Waals surface area contributed by atoms with Crippen LogP contribution in [0.4, 0.5) is 0 Å². The van der Waals surface area contributed by atoms with Gasteiger partial charge in [-0.2, -0.15) is 0 Å². The highest BCUT2D eigenvalue weighted by molar-refractivity contribution is 4.89. The van der Waals surface area contributed by atoms with Crippen LogP contribution in [-0.2, 0) is 4.74 Å². The summed E-state index contributed by atoms with van der Waals surface area (Å²) >= 11 is 0. The lowest BCUT2D eigenvalue weighted by Crippen LogP contribution is -2.47. The van der Waals surface area contributed by atoms with Gasteiger partial charge < -0.3 is 10.1 Å². The van der Waals surface area contributed by atoms with Gasteiger partial charge >= 0.3 is 0 Å². The summed E-state index contributed by atoms with van der Waals surface area (Å²) in [6.07, 6.45) is 4.05. The predicted molar refractivity (Wildman–Crippen MR) is 82.6 cm³/mol. The van der Waals surface area contributed by atoms with E-state index < -0.39 is 0 Å². The van der Waals surface area contributed by atoms with E-state index in [9.17, 15) is 0 Å². The third kappa shape index (κ3) is 7.28. The fourth-order valence-electron chi connectivity index (χ4n) is 2.48. The second kappa shape index (κ2) is 8.93. The van der Waals surface area contributed by atoms with Gasteiger partial charge in [0.1, 0.15) is 0 Å². The molecule has 0 aromatic carbocycles. The quantitative estimate of drug-likeness (QED) is 0.625. The van der Waals surface area contributed by atoms with Gasteiger partial charge in [-0.3, -0.25) is 4.90 Å². The molecule has 0 spiro atoms. The Morgan fingerprint density at radius 1 is 1.11 bits per heavy atom. The van der Waals surface area contributed by atoms with E-state index in [1.165, 1.54) is 25.8 Å². The Hall–Kier alpha value is -0.120.